The third-order valence-electron chi connectivity index (χ3n) is 2.37. The Morgan fingerprint density at radius 2 is 1.80 bits per heavy atom. The Labute approximate surface area is 127 Å². The van der Waals surface area contributed by atoms with Crippen LogP contribution in [0, 0.1) is 0 Å². The largest absolute Gasteiger partial charge is 0.481 e. The van der Waals surface area contributed by atoms with E-state index in [1.807, 2.05) is 26.0 Å². The SMILES string of the molecule is CC(C)NC(=O)CNC(=O)[C@@H](C)Oc1ccc(Br)cc1. The van der Waals surface area contributed by atoms with Crippen molar-refractivity contribution in [3.05, 3.63) is 28.7 Å². The fraction of sp³-hybridized carbons (Fsp3) is 0.429. The number of amides is 2. The van der Waals surface area contributed by atoms with Crippen molar-refractivity contribution in [1.29, 1.82) is 0 Å². The smallest absolute Gasteiger partial charge is 0.261 e. The van der Waals surface area contributed by atoms with Crippen LogP contribution in [0.15, 0.2) is 28.7 Å². The van der Waals surface area contributed by atoms with Crippen molar-refractivity contribution in [3.63, 3.8) is 0 Å². The Morgan fingerprint density at radius 3 is 2.35 bits per heavy atom. The molecule has 2 amide bonds. The molecule has 0 bridgehead atoms. The third-order valence-corrected chi connectivity index (χ3v) is 2.90. The summed E-state index contributed by atoms with van der Waals surface area (Å²) in [5, 5.41) is 5.23. The van der Waals surface area contributed by atoms with Gasteiger partial charge in [-0.05, 0) is 45.0 Å². The van der Waals surface area contributed by atoms with Crippen molar-refractivity contribution < 1.29 is 14.3 Å². The van der Waals surface area contributed by atoms with E-state index in [1.165, 1.54) is 0 Å². The summed E-state index contributed by atoms with van der Waals surface area (Å²) in [6.07, 6.45) is -0.664. The molecule has 2 N–H and O–H groups in total. The molecule has 1 aromatic carbocycles. The van der Waals surface area contributed by atoms with Crippen molar-refractivity contribution >= 4 is 27.7 Å². The second-order valence-corrected chi connectivity index (χ2v) is 5.57. The molecule has 0 radical (unpaired) electrons. The molecule has 0 aromatic heterocycles. The second-order valence-electron chi connectivity index (χ2n) is 4.65. The quantitative estimate of drug-likeness (QED) is 0.829. The molecule has 0 unspecified atom stereocenters. The average molecular weight is 343 g/mol. The Hall–Kier alpha value is -1.56. The number of benzene rings is 1. The molecule has 0 aliphatic heterocycles. The van der Waals surface area contributed by atoms with Gasteiger partial charge in [0, 0.05) is 10.5 Å². The van der Waals surface area contributed by atoms with Gasteiger partial charge < -0.3 is 15.4 Å². The summed E-state index contributed by atoms with van der Waals surface area (Å²) in [7, 11) is 0. The van der Waals surface area contributed by atoms with Gasteiger partial charge in [-0.15, -0.1) is 0 Å². The third kappa shape index (κ3) is 6.06. The molecule has 0 heterocycles. The predicted octanol–water partition coefficient (Wildman–Crippen LogP) is 1.86. The van der Waals surface area contributed by atoms with Crippen LogP contribution in [0.4, 0.5) is 0 Å². The number of rotatable bonds is 6. The lowest BCUT2D eigenvalue weighted by Gasteiger charge is -2.15. The molecule has 1 aromatic rings. The first kappa shape index (κ1) is 16.5. The first-order valence-electron chi connectivity index (χ1n) is 6.37. The second kappa shape index (κ2) is 7.89. The maximum atomic E-state index is 11.8. The van der Waals surface area contributed by atoms with Crippen molar-refractivity contribution in [2.24, 2.45) is 0 Å². The highest BCUT2D eigenvalue weighted by atomic mass is 79.9. The van der Waals surface area contributed by atoms with Crippen LogP contribution < -0.4 is 15.4 Å². The van der Waals surface area contributed by atoms with Crippen LogP contribution in [0.5, 0.6) is 5.75 Å². The number of nitrogens with one attached hydrogen (secondary N) is 2. The van der Waals surface area contributed by atoms with E-state index in [0.717, 1.165) is 4.47 Å². The standard InChI is InChI=1S/C14H19BrN2O3/c1-9(2)17-13(18)8-16-14(19)10(3)20-12-6-4-11(15)5-7-12/h4-7,9-10H,8H2,1-3H3,(H,16,19)(H,17,18)/t10-/m1/s1. The van der Waals surface area contributed by atoms with Crippen LogP contribution in [0.2, 0.25) is 0 Å². The number of hydrogen-bond donors (Lipinski definition) is 2. The number of carbonyl (C=O) groups is 2. The molecule has 0 aliphatic carbocycles. The minimum Gasteiger partial charge on any atom is -0.481 e. The minimum absolute atomic E-state index is 0.0505. The number of halogens is 1. The number of ether oxygens (including phenoxy) is 1. The molecular weight excluding hydrogens is 324 g/mol. The molecule has 0 saturated carbocycles. The van der Waals surface area contributed by atoms with Gasteiger partial charge in [0.05, 0.1) is 6.54 Å². The lowest BCUT2D eigenvalue weighted by atomic mass is 10.3. The van der Waals surface area contributed by atoms with Crippen LogP contribution in [0.25, 0.3) is 0 Å². The molecule has 20 heavy (non-hydrogen) atoms. The Morgan fingerprint density at radius 1 is 1.20 bits per heavy atom. The van der Waals surface area contributed by atoms with Gasteiger partial charge in [-0.2, -0.15) is 0 Å². The van der Waals surface area contributed by atoms with Crippen molar-refractivity contribution in [2.45, 2.75) is 32.9 Å². The van der Waals surface area contributed by atoms with Crippen molar-refractivity contribution in [1.82, 2.24) is 10.6 Å². The van der Waals surface area contributed by atoms with Gasteiger partial charge >= 0.3 is 0 Å². The van der Waals surface area contributed by atoms with E-state index in [2.05, 4.69) is 26.6 Å². The summed E-state index contributed by atoms with van der Waals surface area (Å²) in [6, 6.07) is 7.24. The summed E-state index contributed by atoms with van der Waals surface area (Å²) < 4.78 is 6.42. The summed E-state index contributed by atoms with van der Waals surface area (Å²) in [6.45, 7) is 5.31. The first-order chi connectivity index (χ1) is 9.38. The molecule has 5 nitrogen and oxygen atoms in total. The van der Waals surface area contributed by atoms with Gasteiger partial charge in [-0.1, -0.05) is 15.9 Å². The van der Waals surface area contributed by atoms with E-state index < -0.39 is 6.10 Å². The maximum absolute atomic E-state index is 11.8. The normalized spacial score (nSPS) is 11.8. The molecule has 1 rings (SSSR count). The predicted molar refractivity (Wildman–Crippen MR) is 80.5 cm³/mol. The Bertz CT molecular complexity index is 460. The lowest BCUT2D eigenvalue weighted by Crippen LogP contribution is -2.43. The van der Waals surface area contributed by atoms with Gasteiger partial charge in [0.1, 0.15) is 5.75 Å². The topological polar surface area (TPSA) is 67.4 Å². The minimum atomic E-state index is -0.664. The average Bonchev–Trinajstić information content (AvgIpc) is 2.37. The zero-order valence-electron chi connectivity index (χ0n) is 11.8. The molecule has 0 fully saturated rings. The maximum Gasteiger partial charge on any atom is 0.261 e. The molecule has 1 atom stereocenters. The zero-order valence-corrected chi connectivity index (χ0v) is 13.4. The molecule has 0 saturated heterocycles. The van der Waals surface area contributed by atoms with E-state index in [1.54, 1.807) is 19.1 Å². The molecule has 6 heteroatoms. The van der Waals surface area contributed by atoms with Gasteiger partial charge in [0.25, 0.3) is 5.91 Å². The Balaban J connectivity index is 2.39. The van der Waals surface area contributed by atoms with Crippen LogP contribution >= 0.6 is 15.9 Å². The van der Waals surface area contributed by atoms with E-state index in [9.17, 15) is 9.59 Å². The summed E-state index contributed by atoms with van der Waals surface area (Å²) >= 11 is 3.32. The Kier molecular flexibility index (Phi) is 6.51. The highest BCUT2D eigenvalue weighted by molar-refractivity contribution is 9.10. The molecule has 110 valence electrons. The van der Waals surface area contributed by atoms with Crippen molar-refractivity contribution in [2.75, 3.05) is 6.54 Å². The van der Waals surface area contributed by atoms with Crippen molar-refractivity contribution in [3.8, 4) is 5.75 Å². The highest BCUT2D eigenvalue weighted by Crippen LogP contribution is 2.17. The summed E-state index contributed by atoms with van der Waals surface area (Å²) in [5.74, 6) is 0.0542. The zero-order chi connectivity index (χ0) is 15.1. The van der Waals surface area contributed by atoms with Gasteiger partial charge in [0.2, 0.25) is 5.91 Å². The van der Waals surface area contributed by atoms with Crippen LogP contribution in [-0.2, 0) is 9.59 Å². The molecular formula is C14H19BrN2O3. The summed E-state index contributed by atoms with van der Waals surface area (Å²) in [4.78, 5) is 23.2. The highest BCUT2D eigenvalue weighted by Gasteiger charge is 2.15. The van der Waals surface area contributed by atoms with Gasteiger partial charge in [-0.25, -0.2) is 0 Å². The molecule has 0 aliphatic rings. The van der Waals surface area contributed by atoms with Crippen LogP contribution in [0.3, 0.4) is 0 Å². The van der Waals surface area contributed by atoms with E-state index >= 15 is 0 Å². The number of carbonyl (C=O) groups excluding carboxylic acids is 2. The van der Waals surface area contributed by atoms with Gasteiger partial charge in [0.15, 0.2) is 6.10 Å². The number of hydrogen-bond acceptors (Lipinski definition) is 3. The fourth-order valence-corrected chi connectivity index (χ4v) is 1.72. The fourth-order valence-electron chi connectivity index (χ4n) is 1.45. The van der Waals surface area contributed by atoms with E-state index in [0.29, 0.717) is 5.75 Å². The first-order valence-corrected chi connectivity index (χ1v) is 7.17. The van der Waals surface area contributed by atoms with E-state index in [-0.39, 0.29) is 24.4 Å². The van der Waals surface area contributed by atoms with Crippen LogP contribution in [0.1, 0.15) is 20.8 Å². The van der Waals surface area contributed by atoms with Crippen LogP contribution in [-0.4, -0.2) is 30.5 Å². The molecule has 0 spiro atoms. The summed E-state index contributed by atoms with van der Waals surface area (Å²) in [5.41, 5.74) is 0. The monoisotopic (exact) mass is 342 g/mol. The lowest BCUT2D eigenvalue weighted by molar-refractivity contribution is -0.130. The van der Waals surface area contributed by atoms with Gasteiger partial charge in [-0.3, -0.25) is 9.59 Å². The van der Waals surface area contributed by atoms with E-state index in [4.69, 9.17) is 4.74 Å².